The molecule has 1 saturated heterocycles. The van der Waals surface area contributed by atoms with Crippen LogP contribution in [0.1, 0.15) is 13.3 Å². The molecule has 0 spiro atoms. The summed E-state index contributed by atoms with van der Waals surface area (Å²) in [7, 11) is -4.75. The van der Waals surface area contributed by atoms with Crippen molar-refractivity contribution in [1.29, 1.82) is 0 Å². The van der Waals surface area contributed by atoms with Crippen LogP contribution < -0.4 is 0 Å². The van der Waals surface area contributed by atoms with Gasteiger partial charge in [-0.3, -0.25) is 4.55 Å². The third kappa shape index (κ3) is 5.34. The molecule has 0 bridgehead atoms. The Labute approximate surface area is 125 Å². The van der Waals surface area contributed by atoms with E-state index in [1.54, 1.807) is 6.92 Å². The second-order valence-electron chi connectivity index (χ2n) is 4.16. The molecule has 12 heteroatoms. The Morgan fingerprint density at radius 1 is 1.29 bits per heavy atom. The highest BCUT2D eigenvalue weighted by Gasteiger charge is 2.44. The summed E-state index contributed by atoms with van der Waals surface area (Å²) in [6.45, 7) is 1.02. The van der Waals surface area contributed by atoms with E-state index in [4.69, 9.17) is 14.4 Å². The fraction of sp³-hybridized carbons (Fsp3) is 0.889. The molecule has 5 N–H and O–H groups in total. The van der Waals surface area contributed by atoms with Crippen molar-refractivity contribution in [3.8, 4) is 0 Å². The van der Waals surface area contributed by atoms with E-state index in [-0.39, 0.29) is 11.5 Å². The summed E-state index contributed by atoms with van der Waals surface area (Å²) in [4.78, 5) is 0. The molecule has 21 heavy (non-hydrogen) atoms. The molecule has 0 radical (unpaired) electrons. The third-order valence-corrected chi connectivity index (χ3v) is 4.16. The van der Waals surface area contributed by atoms with Gasteiger partial charge in [-0.05, 0) is 6.42 Å². The Balaban J connectivity index is 2.79. The lowest BCUT2D eigenvalue weighted by Crippen LogP contribution is -2.57. The average Bonchev–Trinajstić information content (AvgIpc) is 2.42. The Kier molecular flexibility index (Phi) is 6.80. The molecule has 0 aliphatic carbocycles. The molecular weight excluding hydrogens is 330 g/mol. The highest BCUT2D eigenvalue weighted by molar-refractivity contribution is 8.14. The van der Waals surface area contributed by atoms with E-state index in [0.717, 1.165) is 11.8 Å². The van der Waals surface area contributed by atoms with Crippen LogP contribution in [0.5, 0.6) is 0 Å². The van der Waals surface area contributed by atoms with Crippen LogP contribution in [-0.2, 0) is 19.4 Å². The molecule has 0 amide bonds. The smallest absolute Gasteiger partial charge is 0.394 e. The number of oxime groups is 1. The summed E-state index contributed by atoms with van der Waals surface area (Å²) in [6, 6.07) is 0. The van der Waals surface area contributed by atoms with Gasteiger partial charge in [0.2, 0.25) is 0 Å². The monoisotopic (exact) mass is 347 g/mol. The average molecular weight is 347 g/mol. The first-order valence-corrected chi connectivity index (χ1v) is 8.14. The van der Waals surface area contributed by atoms with Crippen LogP contribution in [0, 0.1) is 0 Å². The predicted molar refractivity (Wildman–Crippen MR) is 71.7 cm³/mol. The minimum atomic E-state index is -4.75. The number of aliphatic hydroxyl groups excluding tert-OH is 4. The molecule has 5 atom stereocenters. The van der Waals surface area contributed by atoms with Crippen molar-refractivity contribution in [3.05, 3.63) is 0 Å². The first kappa shape index (κ1) is 18.6. The van der Waals surface area contributed by atoms with Crippen molar-refractivity contribution in [3.63, 3.8) is 0 Å². The van der Waals surface area contributed by atoms with Crippen LogP contribution in [0.25, 0.3) is 0 Å². The highest BCUT2D eigenvalue weighted by Crippen LogP contribution is 2.30. The van der Waals surface area contributed by atoms with Crippen LogP contribution in [0.4, 0.5) is 0 Å². The van der Waals surface area contributed by atoms with Crippen LogP contribution in [0.2, 0.25) is 0 Å². The molecule has 1 fully saturated rings. The number of nitrogens with zero attached hydrogens (tertiary/aromatic N) is 1. The Bertz CT molecular complexity index is 466. The fourth-order valence-corrected chi connectivity index (χ4v) is 2.80. The van der Waals surface area contributed by atoms with Gasteiger partial charge in [-0.15, -0.1) is 0 Å². The van der Waals surface area contributed by atoms with E-state index in [0.29, 0.717) is 0 Å². The summed E-state index contributed by atoms with van der Waals surface area (Å²) in [5, 5.41) is 41.3. The number of hydrogen-bond acceptors (Lipinski definition) is 10. The van der Waals surface area contributed by atoms with E-state index in [2.05, 4.69) is 9.44 Å². The zero-order valence-corrected chi connectivity index (χ0v) is 12.6. The summed E-state index contributed by atoms with van der Waals surface area (Å²) in [5.74, 6) is 0. The molecule has 0 aromatic carbocycles. The largest absolute Gasteiger partial charge is 0.466 e. The highest BCUT2D eigenvalue weighted by atomic mass is 32.3. The second kappa shape index (κ2) is 7.69. The molecule has 10 nitrogen and oxygen atoms in total. The van der Waals surface area contributed by atoms with E-state index in [9.17, 15) is 23.7 Å². The van der Waals surface area contributed by atoms with Gasteiger partial charge in [-0.25, -0.2) is 4.28 Å². The number of aliphatic hydroxyl groups is 4. The SMILES string of the molecule is CC/C(=N\OS(=O)(=O)O)S[C@H]1O[C@@H](CO)[C@H](O)[C@H](O)[C@H]1O. The van der Waals surface area contributed by atoms with E-state index >= 15 is 0 Å². The maximum absolute atomic E-state index is 10.4. The van der Waals surface area contributed by atoms with Gasteiger partial charge in [0.1, 0.15) is 34.9 Å². The molecule has 1 rings (SSSR count). The summed E-state index contributed by atoms with van der Waals surface area (Å²) < 4.78 is 38.3. The van der Waals surface area contributed by atoms with Crippen molar-refractivity contribution in [1.82, 2.24) is 0 Å². The van der Waals surface area contributed by atoms with Crippen LogP contribution in [-0.4, -0.2) is 74.9 Å². The van der Waals surface area contributed by atoms with Gasteiger partial charge in [0.25, 0.3) is 0 Å². The predicted octanol–water partition coefficient (Wildman–Crippen LogP) is -1.94. The molecular formula is C9H17NO9S2. The van der Waals surface area contributed by atoms with Crippen LogP contribution >= 0.6 is 11.8 Å². The molecule has 0 unspecified atom stereocenters. The van der Waals surface area contributed by atoms with Crippen molar-refractivity contribution < 1.29 is 42.4 Å². The summed E-state index contributed by atoms with van der Waals surface area (Å²) in [6.07, 6.45) is -5.42. The van der Waals surface area contributed by atoms with Gasteiger partial charge in [0, 0.05) is 0 Å². The number of ether oxygens (including phenoxy) is 1. The number of hydrogen-bond donors (Lipinski definition) is 5. The fourth-order valence-electron chi connectivity index (χ4n) is 1.56. The zero-order valence-electron chi connectivity index (χ0n) is 10.9. The number of rotatable bonds is 5. The summed E-state index contributed by atoms with van der Waals surface area (Å²) in [5.41, 5.74) is -1.11. The zero-order chi connectivity index (χ0) is 16.2. The lowest BCUT2D eigenvalue weighted by Gasteiger charge is -2.39. The molecule has 1 aliphatic heterocycles. The van der Waals surface area contributed by atoms with E-state index < -0.39 is 46.9 Å². The molecule has 1 aliphatic rings. The molecule has 124 valence electrons. The summed E-state index contributed by atoms with van der Waals surface area (Å²) >= 11 is 0.734. The Morgan fingerprint density at radius 2 is 1.90 bits per heavy atom. The van der Waals surface area contributed by atoms with Crippen molar-refractivity contribution >= 4 is 27.2 Å². The first-order valence-electron chi connectivity index (χ1n) is 5.89. The minimum absolute atomic E-state index is 0.0527. The lowest BCUT2D eigenvalue weighted by molar-refractivity contribution is -0.205. The maximum Gasteiger partial charge on any atom is 0.466 e. The van der Waals surface area contributed by atoms with Crippen LogP contribution in [0.15, 0.2) is 5.16 Å². The Hall–Kier alpha value is -0.470. The van der Waals surface area contributed by atoms with Gasteiger partial charge >= 0.3 is 10.4 Å². The van der Waals surface area contributed by atoms with Crippen molar-refractivity contribution in [2.75, 3.05) is 6.61 Å². The molecule has 0 saturated carbocycles. The standard InChI is InChI=1S/C9H17NO9S2/c1-2-5(10-19-21(15,16)17)20-9-8(14)7(13)6(12)4(3-11)18-9/h4,6-9,11-14H,2-3H2,1H3,(H,15,16,17)/b10-5+/t4-,6-,7-,8+,9+/m0/s1. The second-order valence-corrected chi connectivity index (χ2v) is 6.33. The lowest BCUT2D eigenvalue weighted by atomic mass is 10.0. The maximum atomic E-state index is 10.4. The molecule has 1 heterocycles. The van der Waals surface area contributed by atoms with Gasteiger partial charge in [0.15, 0.2) is 0 Å². The minimum Gasteiger partial charge on any atom is -0.394 e. The van der Waals surface area contributed by atoms with Gasteiger partial charge < -0.3 is 25.2 Å². The van der Waals surface area contributed by atoms with Crippen LogP contribution in [0.3, 0.4) is 0 Å². The van der Waals surface area contributed by atoms with Crippen molar-refractivity contribution in [2.24, 2.45) is 5.16 Å². The molecule has 0 aromatic heterocycles. The van der Waals surface area contributed by atoms with Gasteiger partial charge in [-0.1, -0.05) is 23.8 Å². The molecule has 0 aromatic rings. The van der Waals surface area contributed by atoms with E-state index in [1.807, 2.05) is 0 Å². The topological polar surface area (TPSA) is 166 Å². The van der Waals surface area contributed by atoms with Gasteiger partial charge in [-0.2, -0.15) is 8.42 Å². The normalized spacial score (nSPS) is 34.8. The van der Waals surface area contributed by atoms with E-state index in [1.165, 1.54) is 0 Å². The van der Waals surface area contributed by atoms with Gasteiger partial charge in [0.05, 0.1) is 6.61 Å². The number of thioether (sulfide) groups is 1. The first-order chi connectivity index (χ1) is 9.69. The Morgan fingerprint density at radius 3 is 2.38 bits per heavy atom. The van der Waals surface area contributed by atoms with Crippen molar-refractivity contribution in [2.45, 2.75) is 43.2 Å². The quantitative estimate of drug-likeness (QED) is 0.163. The third-order valence-electron chi connectivity index (χ3n) is 2.64.